The quantitative estimate of drug-likeness (QED) is 0.836. The number of piperidine rings is 2. The molecule has 0 aromatic carbocycles. The van der Waals surface area contributed by atoms with E-state index in [1.165, 1.54) is 18.2 Å². The summed E-state index contributed by atoms with van der Waals surface area (Å²) in [5, 5.41) is 3.26. The minimum Gasteiger partial charge on any atom is -0.355 e. The first-order valence-electron chi connectivity index (χ1n) is 9.42. The van der Waals surface area contributed by atoms with Gasteiger partial charge in [-0.2, -0.15) is 0 Å². The number of aromatic nitrogens is 2. The Morgan fingerprint density at radius 2 is 2.20 bits per heavy atom. The number of nitrogens with zero attached hydrogens (tertiary/aromatic N) is 4. The van der Waals surface area contributed by atoms with Crippen molar-refractivity contribution in [3.63, 3.8) is 0 Å². The van der Waals surface area contributed by atoms with Gasteiger partial charge in [0.25, 0.3) is 0 Å². The molecule has 2 saturated heterocycles. The van der Waals surface area contributed by atoms with Gasteiger partial charge < -0.3 is 9.80 Å². The number of thiophene rings is 1. The van der Waals surface area contributed by atoms with Crippen LogP contribution in [0.5, 0.6) is 0 Å². The van der Waals surface area contributed by atoms with Crippen molar-refractivity contribution >= 4 is 33.3 Å². The molecule has 1 atom stereocenters. The Labute approximate surface area is 153 Å². The Bertz CT molecular complexity index is 761. The Kier molecular flexibility index (Phi) is 4.63. The van der Waals surface area contributed by atoms with Crippen LogP contribution >= 0.6 is 11.3 Å². The summed E-state index contributed by atoms with van der Waals surface area (Å²) in [7, 11) is 0. The van der Waals surface area contributed by atoms with Gasteiger partial charge in [0, 0.05) is 38.0 Å². The van der Waals surface area contributed by atoms with E-state index in [1.54, 1.807) is 17.7 Å². The Morgan fingerprint density at radius 1 is 1.28 bits per heavy atom. The zero-order chi connectivity index (χ0) is 17.3. The van der Waals surface area contributed by atoms with Gasteiger partial charge >= 0.3 is 0 Å². The molecule has 5 nitrogen and oxygen atoms in total. The molecular weight excluding hydrogens is 332 g/mol. The maximum absolute atomic E-state index is 12.3. The topological polar surface area (TPSA) is 49.3 Å². The molecule has 4 heterocycles. The summed E-state index contributed by atoms with van der Waals surface area (Å²) in [6.45, 7) is 6.07. The monoisotopic (exact) mass is 358 g/mol. The van der Waals surface area contributed by atoms with Crippen molar-refractivity contribution < 1.29 is 4.79 Å². The molecule has 0 radical (unpaired) electrons. The molecule has 0 N–H and O–H groups in total. The summed E-state index contributed by atoms with van der Waals surface area (Å²) < 4.78 is 0. The van der Waals surface area contributed by atoms with Gasteiger partial charge in [-0.05, 0) is 37.1 Å². The summed E-state index contributed by atoms with van der Waals surface area (Å²) in [5.41, 5.74) is 0.229. The van der Waals surface area contributed by atoms with Gasteiger partial charge in [-0.3, -0.25) is 4.79 Å². The van der Waals surface area contributed by atoms with Crippen LogP contribution in [0.25, 0.3) is 10.2 Å². The van der Waals surface area contributed by atoms with Crippen LogP contribution in [-0.4, -0.2) is 47.0 Å². The fourth-order valence-corrected chi connectivity index (χ4v) is 5.13. The lowest BCUT2D eigenvalue weighted by Crippen LogP contribution is -2.54. The van der Waals surface area contributed by atoms with Gasteiger partial charge in [0.05, 0.1) is 5.39 Å². The highest BCUT2D eigenvalue weighted by Crippen LogP contribution is 2.41. The van der Waals surface area contributed by atoms with Crippen molar-refractivity contribution in [2.45, 2.75) is 45.4 Å². The molecular formula is C19H26N4OS. The second kappa shape index (κ2) is 6.90. The Morgan fingerprint density at radius 3 is 3.08 bits per heavy atom. The zero-order valence-corrected chi connectivity index (χ0v) is 15.7. The van der Waals surface area contributed by atoms with E-state index in [-0.39, 0.29) is 5.41 Å². The SMILES string of the molecule is CCCCN1C[C@]2(CCCN(c3ncnc4sccc34)C2)CCC1=O. The van der Waals surface area contributed by atoms with Crippen LogP contribution in [0.3, 0.4) is 0 Å². The summed E-state index contributed by atoms with van der Waals surface area (Å²) in [6.07, 6.45) is 8.04. The molecule has 0 unspecified atom stereocenters. The van der Waals surface area contributed by atoms with E-state index < -0.39 is 0 Å². The number of amides is 1. The van der Waals surface area contributed by atoms with E-state index in [1.807, 2.05) is 0 Å². The number of unbranched alkanes of at least 4 members (excludes halogenated alkanes) is 1. The molecule has 2 aliphatic rings. The molecule has 4 rings (SSSR count). The standard InChI is InChI=1S/C19H26N4OS/c1-2-3-9-22-12-19(8-5-16(22)24)7-4-10-23(13-19)17-15-6-11-25-18(15)21-14-20-17/h6,11,14H,2-5,7-10,12-13H2,1H3/t19-/m0/s1. The van der Waals surface area contributed by atoms with Gasteiger partial charge in [0.15, 0.2) is 0 Å². The number of likely N-dealkylation sites (tertiary alicyclic amines) is 1. The number of carbonyl (C=O) groups is 1. The largest absolute Gasteiger partial charge is 0.355 e. The van der Waals surface area contributed by atoms with Crippen LogP contribution in [0, 0.1) is 5.41 Å². The predicted octanol–water partition coefficient (Wildman–Crippen LogP) is 3.70. The molecule has 2 aromatic heterocycles. The summed E-state index contributed by atoms with van der Waals surface area (Å²) in [5.74, 6) is 1.42. The van der Waals surface area contributed by atoms with E-state index in [4.69, 9.17) is 0 Å². The first-order valence-corrected chi connectivity index (χ1v) is 10.3. The average Bonchev–Trinajstić information content (AvgIpc) is 3.11. The van der Waals surface area contributed by atoms with E-state index >= 15 is 0 Å². The van der Waals surface area contributed by atoms with Crippen LogP contribution in [-0.2, 0) is 4.79 Å². The van der Waals surface area contributed by atoms with Crippen molar-refractivity contribution in [2.75, 3.05) is 31.1 Å². The first kappa shape index (κ1) is 16.8. The number of hydrogen-bond acceptors (Lipinski definition) is 5. The minimum atomic E-state index is 0.229. The van der Waals surface area contributed by atoms with E-state index in [0.29, 0.717) is 12.3 Å². The van der Waals surface area contributed by atoms with Crippen molar-refractivity contribution in [3.05, 3.63) is 17.8 Å². The van der Waals surface area contributed by atoms with Crippen LogP contribution < -0.4 is 4.90 Å². The summed E-state index contributed by atoms with van der Waals surface area (Å²) in [6, 6.07) is 2.13. The molecule has 25 heavy (non-hydrogen) atoms. The smallest absolute Gasteiger partial charge is 0.222 e. The van der Waals surface area contributed by atoms with E-state index in [2.05, 4.69) is 38.1 Å². The lowest BCUT2D eigenvalue weighted by molar-refractivity contribution is -0.137. The highest BCUT2D eigenvalue weighted by Gasteiger charge is 2.42. The highest BCUT2D eigenvalue weighted by molar-refractivity contribution is 7.16. The second-order valence-electron chi connectivity index (χ2n) is 7.53. The molecule has 0 saturated carbocycles. The fraction of sp³-hybridized carbons (Fsp3) is 0.632. The zero-order valence-electron chi connectivity index (χ0n) is 14.9. The van der Waals surface area contributed by atoms with Gasteiger partial charge in [-0.15, -0.1) is 11.3 Å². The van der Waals surface area contributed by atoms with Gasteiger partial charge in [0.2, 0.25) is 5.91 Å². The number of anilines is 1. The predicted molar refractivity (Wildman–Crippen MR) is 102 cm³/mol. The number of carbonyl (C=O) groups excluding carboxylic acids is 1. The maximum atomic E-state index is 12.3. The van der Waals surface area contributed by atoms with Crippen molar-refractivity contribution in [2.24, 2.45) is 5.41 Å². The molecule has 134 valence electrons. The average molecular weight is 359 g/mol. The fourth-order valence-electron chi connectivity index (χ4n) is 4.41. The van der Waals surface area contributed by atoms with E-state index in [0.717, 1.165) is 56.1 Å². The van der Waals surface area contributed by atoms with Gasteiger partial charge in [-0.1, -0.05) is 13.3 Å². The van der Waals surface area contributed by atoms with Crippen molar-refractivity contribution in [1.29, 1.82) is 0 Å². The minimum absolute atomic E-state index is 0.229. The molecule has 1 amide bonds. The molecule has 1 spiro atoms. The lowest BCUT2D eigenvalue weighted by atomic mass is 9.73. The second-order valence-corrected chi connectivity index (χ2v) is 8.43. The molecule has 0 bridgehead atoms. The van der Waals surface area contributed by atoms with Crippen LogP contribution in [0.2, 0.25) is 0 Å². The Balaban J connectivity index is 1.56. The van der Waals surface area contributed by atoms with Crippen molar-refractivity contribution in [3.8, 4) is 0 Å². The summed E-state index contributed by atoms with van der Waals surface area (Å²) >= 11 is 1.67. The molecule has 2 aromatic rings. The molecule has 2 fully saturated rings. The van der Waals surface area contributed by atoms with Gasteiger partial charge in [-0.25, -0.2) is 9.97 Å². The Hall–Kier alpha value is -1.69. The summed E-state index contributed by atoms with van der Waals surface area (Å²) in [4.78, 5) is 26.9. The van der Waals surface area contributed by atoms with Crippen LogP contribution in [0.1, 0.15) is 45.4 Å². The van der Waals surface area contributed by atoms with Crippen molar-refractivity contribution in [1.82, 2.24) is 14.9 Å². The third kappa shape index (κ3) is 3.24. The number of fused-ring (bicyclic) bond motifs is 1. The molecule has 0 aliphatic carbocycles. The van der Waals surface area contributed by atoms with Crippen LogP contribution in [0.15, 0.2) is 17.8 Å². The lowest BCUT2D eigenvalue weighted by Gasteiger charge is -2.48. The van der Waals surface area contributed by atoms with Gasteiger partial charge in [0.1, 0.15) is 17.0 Å². The molecule has 6 heteroatoms. The number of rotatable bonds is 4. The number of hydrogen-bond donors (Lipinski definition) is 0. The highest BCUT2D eigenvalue weighted by atomic mass is 32.1. The first-order chi connectivity index (χ1) is 12.2. The third-order valence-electron chi connectivity index (χ3n) is 5.73. The maximum Gasteiger partial charge on any atom is 0.222 e. The third-order valence-corrected chi connectivity index (χ3v) is 6.55. The normalized spacial score (nSPS) is 24.4. The van der Waals surface area contributed by atoms with E-state index in [9.17, 15) is 4.79 Å². The van der Waals surface area contributed by atoms with Crippen LogP contribution in [0.4, 0.5) is 5.82 Å². The molecule has 2 aliphatic heterocycles.